The summed E-state index contributed by atoms with van der Waals surface area (Å²) in [5.41, 5.74) is -0.637. The van der Waals surface area contributed by atoms with Crippen LogP contribution in [0.15, 0.2) is 20.4 Å². The van der Waals surface area contributed by atoms with Crippen LogP contribution in [0.25, 0.3) is 0 Å². The van der Waals surface area contributed by atoms with Crippen LogP contribution in [0.5, 0.6) is 0 Å². The number of H-pyrrole nitrogens is 1. The molecule has 2 aliphatic heterocycles. The zero-order valence-electron chi connectivity index (χ0n) is 22.8. The average Bonchev–Trinajstić information content (AvgIpc) is 3.53. The molecule has 15 heteroatoms. The molecule has 0 aromatic carbocycles. The minimum Gasteiger partial charge on any atom is -0.394 e. The molecular weight excluding hydrogens is 590 g/mol. The van der Waals surface area contributed by atoms with E-state index >= 15 is 0 Å². The predicted molar refractivity (Wildman–Crippen MR) is 146 cm³/mol. The van der Waals surface area contributed by atoms with Crippen molar-refractivity contribution in [2.24, 2.45) is 5.92 Å². The maximum Gasteiger partial charge on any atom is 0.330 e. The van der Waals surface area contributed by atoms with Crippen molar-refractivity contribution in [2.75, 3.05) is 32.8 Å². The summed E-state index contributed by atoms with van der Waals surface area (Å²) in [4.78, 5) is 53.8. The zero-order valence-corrected chi connectivity index (χ0v) is 24.4. The standard InChI is InChI=1S/C25H36BrN7O7/c1-14(2)39-10-4-7-27-23(36)16-5-8-31(9-6-16)24(37)20-21(26)33(30-29-20)17-11-19(40-18(17)13-34)32-12-15(3)22(35)28-25(32)38/h12,14,16-19,34H,4-11,13H2,1-3H3,(H,27,36)(H,28,35,38)/t17-,18+,19+/m0/s1. The number of aryl methyl sites for hydroxylation is 1. The zero-order chi connectivity index (χ0) is 29.0. The van der Waals surface area contributed by atoms with E-state index in [1.807, 2.05) is 13.8 Å². The van der Waals surface area contributed by atoms with Gasteiger partial charge in [-0.15, -0.1) is 5.10 Å². The number of halogens is 1. The van der Waals surface area contributed by atoms with E-state index < -0.39 is 29.6 Å². The van der Waals surface area contributed by atoms with Gasteiger partial charge < -0.3 is 24.8 Å². The Balaban J connectivity index is 1.36. The molecule has 2 amide bonds. The minimum atomic E-state index is -0.756. The van der Waals surface area contributed by atoms with Gasteiger partial charge in [-0.3, -0.25) is 23.9 Å². The number of nitrogens with zero attached hydrogens (tertiary/aromatic N) is 5. The van der Waals surface area contributed by atoms with Gasteiger partial charge in [0.2, 0.25) is 5.91 Å². The molecule has 3 atom stereocenters. The molecule has 0 radical (unpaired) electrons. The third-order valence-corrected chi connectivity index (χ3v) is 7.96. The maximum atomic E-state index is 13.3. The van der Waals surface area contributed by atoms with Crippen LogP contribution in [-0.4, -0.2) is 91.4 Å². The highest BCUT2D eigenvalue weighted by Crippen LogP contribution is 2.38. The molecule has 2 aliphatic rings. The lowest BCUT2D eigenvalue weighted by Gasteiger charge is -2.31. The fraction of sp³-hybridized carbons (Fsp3) is 0.680. The molecule has 3 N–H and O–H groups in total. The Labute approximate surface area is 239 Å². The lowest BCUT2D eigenvalue weighted by Crippen LogP contribution is -2.43. The van der Waals surface area contributed by atoms with Gasteiger partial charge in [-0.1, -0.05) is 5.21 Å². The van der Waals surface area contributed by atoms with Gasteiger partial charge in [-0.2, -0.15) is 0 Å². The van der Waals surface area contributed by atoms with Crippen LogP contribution in [0.2, 0.25) is 0 Å². The van der Waals surface area contributed by atoms with Gasteiger partial charge in [0, 0.05) is 50.3 Å². The Bertz CT molecular complexity index is 1320. The van der Waals surface area contributed by atoms with Crippen LogP contribution in [0, 0.1) is 12.8 Å². The highest BCUT2D eigenvalue weighted by molar-refractivity contribution is 9.10. The topological polar surface area (TPSA) is 174 Å². The number of carbonyl (C=O) groups is 2. The number of hydrogen-bond acceptors (Lipinski definition) is 9. The molecule has 2 aromatic rings. The van der Waals surface area contributed by atoms with E-state index in [9.17, 15) is 24.3 Å². The molecule has 0 saturated carbocycles. The average molecular weight is 627 g/mol. The van der Waals surface area contributed by atoms with Crippen LogP contribution < -0.4 is 16.6 Å². The molecule has 0 spiro atoms. The lowest BCUT2D eigenvalue weighted by atomic mass is 9.95. The Morgan fingerprint density at radius 1 is 1.30 bits per heavy atom. The van der Waals surface area contributed by atoms with E-state index in [2.05, 4.69) is 36.5 Å². The van der Waals surface area contributed by atoms with E-state index in [1.54, 1.807) is 11.8 Å². The van der Waals surface area contributed by atoms with E-state index in [0.29, 0.717) is 49.2 Å². The molecule has 0 unspecified atom stereocenters. The normalized spacial score (nSPS) is 21.8. The highest BCUT2D eigenvalue weighted by atomic mass is 79.9. The van der Waals surface area contributed by atoms with Gasteiger partial charge >= 0.3 is 5.69 Å². The number of ether oxygens (including phenoxy) is 2. The van der Waals surface area contributed by atoms with E-state index in [0.717, 1.165) is 6.42 Å². The van der Waals surface area contributed by atoms with Crippen molar-refractivity contribution in [3.05, 3.63) is 42.9 Å². The fourth-order valence-electron chi connectivity index (χ4n) is 4.97. The molecule has 2 fully saturated rings. The second-order valence-corrected chi connectivity index (χ2v) is 11.1. The Morgan fingerprint density at radius 2 is 2.02 bits per heavy atom. The second kappa shape index (κ2) is 13.2. The summed E-state index contributed by atoms with van der Waals surface area (Å²) < 4.78 is 14.5. The molecule has 2 saturated heterocycles. The van der Waals surface area contributed by atoms with Crippen molar-refractivity contribution in [1.82, 2.24) is 34.8 Å². The van der Waals surface area contributed by atoms with Gasteiger partial charge in [0.25, 0.3) is 11.5 Å². The third-order valence-electron chi connectivity index (χ3n) is 7.22. The number of aromatic amines is 1. The largest absolute Gasteiger partial charge is 0.394 e. The van der Waals surface area contributed by atoms with Crippen LogP contribution in [-0.2, 0) is 14.3 Å². The number of likely N-dealkylation sites (tertiary alicyclic amines) is 1. The number of aliphatic hydroxyl groups is 1. The predicted octanol–water partition coefficient (Wildman–Crippen LogP) is 0.504. The van der Waals surface area contributed by atoms with Crippen molar-refractivity contribution in [1.29, 1.82) is 0 Å². The number of hydrogen-bond donors (Lipinski definition) is 3. The SMILES string of the molecule is Cc1cn([C@H]2C[C@H](n3nnc(C(=O)N4CCC(C(=O)NCCCOC(C)C)CC4)c3Br)[C@@H](CO)O2)c(=O)[nH]c1=O. The van der Waals surface area contributed by atoms with Crippen molar-refractivity contribution in [3.63, 3.8) is 0 Å². The van der Waals surface area contributed by atoms with Crippen LogP contribution in [0.1, 0.15) is 67.9 Å². The van der Waals surface area contributed by atoms with Gasteiger partial charge in [-0.05, 0) is 56.0 Å². The van der Waals surface area contributed by atoms with Gasteiger partial charge in [0.15, 0.2) is 5.69 Å². The maximum absolute atomic E-state index is 13.3. The minimum absolute atomic E-state index is 0.00797. The lowest BCUT2D eigenvalue weighted by molar-refractivity contribution is -0.126. The van der Waals surface area contributed by atoms with Crippen molar-refractivity contribution >= 4 is 27.7 Å². The highest BCUT2D eigenvalue weighted by Gasteiger charge is 2.40. The van der Waals surface area contributed by atoms with Gasteiger partial charge in [-0.25, -0.2) is 9.48 Å². The van der Waals surface area contributed by atoms with E-state index in [-0.39, 0.29) is 42.6 Å². The fourth-order valence-corrected chi connectivity index (χ4v) is 5.56. The van der Waals surface area contributed by atoms with Crippen LogP contribution in [0.3, 0.4) is 0 Å². The summed E-state index contributed by atoms with van der Waals surface area (Å²) in [7, 11) is 0. The first-order chi connectivity index (χ1) is 19.1. The molecule has 2 aromatic heterocycles. The van der Waals surface area contributed by atoms with Crippen molar-refractivity contribution < 1.29 is 24.2 Å². The summed E-state index contributed by atoms with van der Waals surface area (Å²) in [6.07, 6.45) is 2.18. The summed E-state index contributed by atoms with van der Waals surface area (Å²) in [6.45, 7) is 7.14. The van der Waals surface area contributed by atoms with E-state index in [1.165, 1.54) is 15.4 Å². The molecule has 40 heavy (non-hydrogen) atoms. The molecular formula is C25H36BrN7O7. The Hall–Kier alpha value is -2.88. The van der Waals surface area contributed by atoms with Crippen molar-refractivity contribution in [3.8, 4) is 0 Å². The summed E-state index contributed by atoms with van der Waals surface area (Å²) >= 11 is 3.44. The number of rotatable bonds is 10. The first kappa shape index (κ1) is 30.1. The van der Waals surface area contributed by atoms with Crippen LogP contribution >= 0.6 is 15.9 Å². The van der Waals surface area contributed by atoms with Gasteiger partial charge in [0.1, 0.15) is 16.9 Å². The number of nitrogens with one attached hydrogen (secondary N) is 2. The Kier molecular flexibility index (Phi) is 9.92. The molecule has 14 nitrogen and oxygen atoms in total. The molecule has 4 rings (SSSR count). The monoisotopic (exact) mass is 625 g/mol. The summed E-state index contributed by atoms with van der Waals surface area (Å²) in [6, 6.07) is -0.530. The molecule has 4 heterocycles. The molecule has 0 aliphatic carbocycles. The van der Waals surface area contributed by atoms with Gasteiger partial charge in [0.05, 0.1) is 18.8 Å². The first-order valence-electron chi connectivity index (χ1n) is 13.5. The molecule has 220 valence electrons. The van der Waals surface area contributed by atoms with Crippen LogP contribution in [0.4, 0.5) is 0 Å². The first-order valence-corrected chi connectivity index (χ1v) is 14.3. The summed E-state index contributed by atoms with van der Waals surface area (Å²) in [5, 5.41) is 21.2. The quantitative estimate of drug-likeness (QED) is 0.318. The number of amides is 2. The Morgan fingerprint density at radius 3 is 2.70 bits per heavy atom. The molecule has 0 bridgehead atoms. The summed E-state index contributed by atoms with van der Waals surface area (Å²) in [5.74, 6) is -0.482. The van der Waals surface area contributed by atoms with Crippen molar-refractivity contribution in [2.45, 2.75) is 70.9 Å². The third kappa shape index (κ3) is 6.70. The number of carbonyl (C=O) groups excluding carboxylic acids is 2. The number of aromatic nitrogens is 5. The second-order valence-electron chi connectivity index (χ2n) is 10.4. The smallest absolute Gasteiger partial charge is 0.330 e. The number of aliphatic hydroxyl groups excluding tert-OH is 1. The number of piperidine rings is 1. The van der Waals surface area contributed by atoms with E-state index in [4.69, 9.17) is 9.47 Å².